The van der Waals surface area contributed by atoms with E-state index in [2.05, 4.69) is 41.0 Å². The zero-order chi connectivity index (χ0) is 45.2. The summed E-state index contributed by atoms with van der Waals surface area (Å²) < 4.78 is 33.6. The number of hydrogen-bond donors (Lipinski definition) is 2. The standard InChI is InChI=1S/C47H60F2N12O4/c1-55(2)46(65)38-26-32-28-51-47(54-43(32)61(38)33-9-5-6-10-33)52-39-13-12-34(29-50-39)58-22-18-56(19-23-58)16-17-57-20-24-59(25-21-57)42-37(48)27-35-36(41(42)49)30-60(45(35)64)15-7-3-4-8-31-11-14-40(62)53-44(31)63/h12-13,26-29,31,33H,3-11,14-25,30H2,1-2H3,(H,53,62,63)(H,50,51,52,54). The van der Waals surface area contributed by atoms with E-state index in [1.807, 2.05) is 18.3 Å². The van der Waals surface area contributed by atoms with Gasteiger partial charge in [-0.1, -0.05) is 25.7 Å². The van der Waals surface area contributed by atoms with E-state index in [-0.39, 0.29) is 58.9 Å². The Hall–Kier alpha value is -5.75. The monoisotopic (exact) mass is 894 g/mol. The van der Waals surface area contributed by atoms with Crippen LogP contribution in [0.5, 0.6) is 0 Å². The third-order valence-corrected chi connectivity index (χ3v) is 14.0. The molecule has 1 atom stereocenters. The molecule has 4 aromatic rings. The van der Waals surface area contributed by atoms with Crippen molar-refractivity contribution in [1.29, 1.82) is 0 Å². The number of imide groups is 1. The Kier molecular flexibility index (Phi) is 13.3. The molecule has 0 radical (unpaired) electrons. The van der Waals surface area contributed by atoms with Crippen LogP contribution in [-0.2, 0) is 16.1 Å². The first-order chi connectivity index (χ1) is 31.5. The number of piperazine rings is 2. The van der Waals surface area contributed by atoms with Crippen LogP contribution in [0.3, 0.4) is 0 Å². The van der Waals surface area contributed by atoms with E-state index in [1.165, 1.54) is 6.07 Å². The summed E-state index contributed by atoms with van der Waals surface area (Å²) in [5, 5.41) is 6.51. The molecule has 2 N–H and O–H groups in total. The molecular formula is C47H60F2N12O4. The molecule has 3 saturated heterocycles. The fourth-order valence-electron chi connectivity index (χ4n) is 10.2. The lowest BCUT2D eigenvalue weighted by atomic mass is 9.92. The smallest absolute Gasteiger partial charge is 0.270 e. The van der Waals surface area contributed by atoms with Gasteiger partial charge in [0.25, 0.3) is 11.8 Å². The molecule has 1 saturated carbocycles. The molecule has 1 aliphatic carbocycles. The minimum atomic E-state index is -0.696. The van der Waals surface area contributed by atoms with E-state index in [1.54, 1.807) is 35.0 Å². The van der Waals surface area contributed by atoms with E-state index in [0.717, 1.165) is 94.5 Å². The summed E-state index contributed by atoms with van der Waals surface area (Å²) in [5.41, 5.74) is 2.79. The lowest BCUT2D eigenvalue weighted by molar-refractivity contribution is -0.136. The molecule has 346 valence electrons. The van der Waals surface area contributed by atoms with Gasteiger partial charge in [0.1, 0.15) is 28.7 Å². The second-order valence-electron chi connectivity index (χ2n) is 18.5. The van der Waals surface area contributed by atoms with Crippen LogP contribution >= 0.6 is 0 Å². The number of aromatic nitrogens is 4. The lowest BCUT2D eigenvalue weighted by Crippen LogP contribution is -2.51. The van der Waals surface area contributed by atoms with Gasteiger partial charge in [0.2, 0.25) is 17.8 Å². The van der Waals surface area contributed by atoms with Crippen molar-refractivity contribution < 1.29 is 28.0 Å². The Balaban J connectivity index is 0.710. The topological polar surface area (TPSA) is 155 Å². The van der Waals surface area contributed by atoms with E-state index in [4.69, 9.17) is 9.97 Å². The maximum atomic E-state index is 16.0. The van der Waals surface area contributed by atoms with Gasteiger partial charge >= 0.3 is 0 Å². The molecule has 18 heteroatoms. The molecule has 9 rings (SSSR count). The molecular weight excluding hydrogens is 835 g/mol. The van der Waals surface area contributed by atoms with Crippen molar-refractivity contribution in [2.45, 2.75) is 76.8 Å². The fourth-order valence-corrected chi connectivity index (χ4v) is 10.2. The molecule has 7 heterocycles. The number of amides is 4. The number of fused-ring (bicyclic) bond motifs is 2. The molecule has 4 fully saturated rings. The Morgan fingerprint density at radius 3 is 2.25 bits per heavy atom. The third kappa shape index (κ3) is 9.64. The van der Waals surface area contributed by atoms with E-state index in [9.17, 15) is 19.2 Å². The van der Waals surface area contributed by atoms with Crippen LogP contribution in [0.1, 0.15) is 96.7 Å². The van der Waals surface area contributed by atoms with Crippen molar-refractivity contribution >= 4 is 57.8 Å². The third-order valence-electron chi connectivity index (χ3n) is 14.0. The average molecular weight is 895 g/mol. The van der Waals surface area contributed by atoms with Crippen LogP contribution < -0.4 is 20.4 Å². The largest absolute Gasteiger partial charge is 0.368 e. The van der Waals surface area contributed by atoms with Gasteiger partial charge in [0.05, 0.1) is 17.4 Å². The highest BCUT2D eigenvalue weighted by Crippen LogP contribution is 2.36. The maximum absolute atomic E-state index is 16.0. The normalized spacial score (nSPS) is 20.0. The number of nitrogens with zero attached hydrogens (tertiary/aromatic N) is 10. The molecule has 1 unspecified atom stereocenters. The molecule has 16 nitrogen and oxygen atoms in total. The van der Waals surface area contributed by atoms with Crippen molar-refractivity contribution in [2.75, 3.05) is 101 Å². The number of carbonyl (C=O) groups excluding carboxylic acids is 4. The Morgan fingerprint density at radius 1 is 0.846 bits per heavy atom. The summed E-state index contributed by atoms with van der Waals surface area (Å²) in [6.07, 6.45) is 11.9. The number of rotatable bonds is 15. The number of pyridine rings is 1. The number of unbranched alkanes of at least 4 members (excludes halogenated alkanes) is 2. The van der Waals surface area contributed by atoms with Crippen LogP contribution in [0.2, 0.25) is 0 Å². The van der Waals surface area contributed by atoms with Crippen LogP contribution in [0.15, 0.2) is 36.7 Å². The van der Waals surface area contributed by atoms with Crippen LogP contribution in [0.25, 0.3) is 11.0 Å². The number of nitrogens with one attached hydrogen (secondary N) is 2. The van der Waals surface area contributed by atoms with E-state index >= 15 is 8.78 Å². The molecule has 3 aromatic heterocycles. The summed E-state index contributed by atoms with van der Waals surface area (Å²) in [6.45, 7) is 8.28. The first-order valence-electron chi connectivity index (χ1n) is 23.4. The molecule has 4 aliphatic heterocycles. The van der Waals surface area contributed by atoms with Crippen LogP contribution in [0.4, 0.5) is 31.9 Å². The first kappa shape index (κ1) is 44.5. The van der Waals surface area contributed by atoms with E-state index < -0.39 is 11.6 Å². The van der Waals surface area contributed by atoms with Gasteiger partial charge in [-0.3, -0.25) is 34.3 Å². The highest BCUT2D eigenvalue weighted by Gasteiger charge is 2.35. The Morgan fingerprint density at radius 2 is 1.57 bits per heavy atom. The molecule has 0 bridgehead atoms. The number of benzene rings is 1. The van der Waals surface area contributed by atoms with E-state index in [0.29, 0.717) is 75.9 Å². The number of piperidine rings is 1. The number of halogens is 2. The van der Waals surface area contributed by atoms with Gasteiger partial charge in [-0.15, -0.1) is 0 Å². The Bertz CT molecular complexity index is 2410. The zero-order valence-corrected chi connectivity index (χ0v) is 37.5. The predicted molar refractivity (Wildman–Crippen MR) is 243 cm³/mol. The van der Waals surface area contributed by atoms with Gasteiger partial charge in [0, 0.05) is 128 Å². The van der Waals surface area contributed by atoms with Gasteiger partial charge in [-0.05, 0) is 56.4 Å². The first-order valence-corrected chi connectivity index (χ1v) is 23.4. The van der Waals surface area contributed by atoms with Gasteiger partial charge in [-0.2, -0.15) is 4.98 Å². The van der Waals surface area contributed by atoms with Crippen molar-refractivity contribution in [3.8, 4) is 0 Å². The van der Waals surface area contributed by atoms with Crippen LogP contribution in [-0.4, -0.2) is 149 Å². The van der Waals surface area contributed by atoms with Gasteiger partial charge < -0.3 is 29.5 Å². The summed E-state index contributed by atoms with van der Waals surface area (Å²) in [4.78, 5) is 75.9. The second kappa shape index (κ2) is 19.4. The van der Waals surface area contributed by atoms with Gasteiger partial charge in [-0.25, -0.2) is 18.7 Å². The minimum absolute atomic E-state index is 0.0373. The predicted octanol–water partition coefficient (Wildman–Crippen LogP) is 5.18. The summed E-state index contributed by atoms with van der Waals surface area (Å²) in [7, 11) is 3.54. The van der Waals surface area contributed by atoms with Crippen molar-refractivity contribution in [2.24, 2.45) is 5.92 Å². The highest BCUT2D eigenvalue weighted by atomic mass is 19.1. The molecule has 0 spiro atoms. The highest BCUT2D eigenvalue weighted by molar-refractivity contribution is 6.00. The molecule has 65 heavy (non-hydrogen) atoms. The zero-order valence-electron chi connectivity index (χ0n) is 37.5. The average Bonchev–Trinajstić information content (AvgIpc) is 4.05. The summed E-state index contributed by atoms with van der Waals surface area (Å²) >= 11 is 0. The molecule has 5 aliphatic rings. The number of anilines is 4. The van der Waals surface area contributed by atoms with Gasteiger partial charge in [0.15, 0.2) is 5.82 Å². The van der Waals surface area contributed by atoms with Crippen molar-refractivity contribution in [1.82, 2.24) is 44.4 Å². The lowest BCUT2D eigenvalue weighted by Gasteiger charge is -2.39. The Labute approximate surface area is 378 Å². The minimum Gasteiger partial charge on any atom is -0.368 e. The van der Waals surface area contributed by atoms with Crippen molar-refractivity contribution in [3.05, 3.63) is 65.1 Å². The molecule has 4 amide bonds. The fraction of sp³-hybridized carbons (Fsp3) is 0.553. The quantitative estimate of drug-likeness (QED) is 0.119. The maximum Gasteiger partial charge on any atom is 0.270 e. The summed E-state index contributed by atoms with van der Waals surface area (Å²) in [5.74, 6) is -1.22. The number of hydrogen-bond acceptors (Lipinski definition) is 12. The molecule has 1 aromatic carbocycles. The number of carbonyl (C=O) groups is 4. The SMILES string of the molecule is CN(C)C(=O)c1cc2cnc(Nc3ccc(N4CCN(CCN5CCN(c6c(F)cc7c(c6F)CN(CCCCCC6CCC(=O)NC6=O)C7=O)CC5)CC4)cn3)nc2n1C1CCCC1. The van der Waals surface area contributed by atoms with Crippen LogP contribution in [0, 0.1) is 17.6 Å². The van der Waals surface area contributed by atoms with Crippen molar-refractivity contribution in [3.63, 3.8) is 0 Å². The second-order valence-corrected chi connectivity index (χ2v) is 18.5. The summed E-state index contributed by atoms with van der Waals surface area (Å²) in [6, 6.07) is 7.36.